The summed E-state index contributed by atoms with van der Waals surface area (Å²) in [7, 11) is 0. The molecule has 2 aromatic carbocycles. The Labute approximate surface area is 105 Å². The number of nitrogen functional groups attached to an aromatic ring is 1. The highest BCUT2D eigenvalue weighted by atomic mass is 35.5. The predicted molar refractivity (Wildman–Crippen MR) is 71.3 cm³/mol. The summed E-state index contributed by atoms with van der Waals surface area (Å²) in [5.41, 5.74) is 8.86. The molecule has 0 aliphatic rings. The van der Waals surface area contributed by atoms with Crippen LogP contribution in [0.1, 0.15) is 17.3 Å². The maximum absolute atomic E-state index is 11.2. The lowest BCUT2D eigenvalue weighted by Gasteiger charge is -2.06. The van der Waals surface area contributed by atoms with Gasteiger partial charge in [-0.05, 0) is 24.6 Å². The van der Waals surface area contributed by atoms with Gasteiger partial charge in [-0.25, -0.2) is 0 Å². The minimum absolute atomic E-state index is 0.0555. The van der Waals surface area contributed by atoms with Crippen LogP contribution >= 0.6 is 11.6 Å². The number of carbonyl (C=O) groups excluding carboxylic acids is 1. The van der Waals surface area contributed by atoms with Crippen molar-refractivity contribution < 1.29 is 4.79 Å². The number of anilines is 1. The highest BCUT2D eigenvalue weighted by Gasteiger charge is 2.05. The average molecular weight is 246 g/mol. The van der Waals surface area contributed by atoms with Gasteiger partial charge in [0.25, 0.3) is 0 Å². The maximum Gasteiger partial charge on any atom is 0.159 e. The molecule has 0 saturated heterocycles. The fourth-order valence-corrected chi connectivity index (χ4v) is 1.95. The van der Waals surface area contributed by atoms with Crippen molar-refractivity contribution in [1.29, 1.82) is 0 Å². The Kier molecular flexibility index (Phi) is 3.16. The van der Waals surface area contributed by atoms with Crippen molar-refractivity contribution in [2.24, 2.45) is 0 Å². The quantitative estimate of drug-likeness (QED) is 0.646. The number of benzene rings is 2. The third kappa shape index (κ3) is 2.48. The maximum atomic E-state index is 11.2. The predicted octanol–water partition coefficient (Wildman–Crippen LogP) is 3.79. The van der Waals surface area contributed by atoms with Gasteiger partial charge >= 0.3 is 0 Å². The lowest BCUT2D eigenvalue weighted by Crippen LogP contribution is -1.91. The molecule has 2 rings (SSSR count). The summed E-state index contributed by atoms with van der Waals surface area (Å²) >= 11 is 6.12. The van der Waals surface area contributed by atoms with E-state index in [1.165, 1.54) is 0 Å². The summed E-state index contributed by atoms with van der Waals surface area (Å²) in [5, 5.41) is 0.612. The van der Waals surface area contributed by atoms with Crippen LogP contribution in [0.5, 0.6) is 0 Å². The van der Waals surface area contributed by atoms with Gasteiger partial charge < -0.3 is 5.73 Å². The van der Waals surface area contributed by atoms with Crippen LogP contribution in [0.15, 0.2) is 42.5 Å². The second-order valence-corrected chi connectivity index (χ2v) is 4.28. The van der Waals surface area contributed by atoms with Gasteiger partial charge in [-0.15, -0.1) is 0 Å². The van der Waals surface area contributed by atoms with Crippen LogP contribution in [0, 0.1) is 0 Å². The zero-order valence-electron chi connectivity index (χ0n) is 9.41. The van der Waals surface area contributed by atoms with Gasteiger partial charge in [-0.2, -0.15) is 0 Å². The smallest absolute Gasteiger partial charge is 0.159 e. The van der Waals surface area contributed by atoms with E-state index >= 15 is 0 Å². The summed E-state index contributed by atoms with van der Waals surface area (Å²) in [5.74, 6) is 0.0555. The minimum Gasteiger partial charge on any atom is -0.399 e. The number of ketones is 1. The first-order valence-corrected chi connectivity index (χ1v) is 5.62. The van der Waals surface area contributed by atoms with Crippen LogP contribution in [-0.4, -0.2) is 5.78 Å². The normalized spacial score (nSPS) is 10.2. The van der Waals surface area contributed by atoms with Crippen LogP contribution < -0.4 is 5.73 Å². The van der Waals surface area contributed by atoms with Crippen molar-refractivity contribution in [2.45, 2.75) is 6.92 Å². The zero-order valence-corrected chi connectivity index (χ0v) is 10.2. The van der Waals surface area contributed by atoms with Gasteiger partial charge in [0, 0.05) is 16.8 Å². The molecule has 0 bridgehead atoms. The molecule has 17 heavy (non-hydrogen) atoms. The summed E-state index contributed by atoms with van der Waals surface area (Å²) in [6, 6.07) is 12.8. The molecular weight excluding hydrogens is 234 g/mol. The molecule has 0 aliphatic heterocycles. The van der Waals surface area contributed by atoms with Crippen molar-refractivity contribution >= 4 is 23.1 Å². The molecular formula is C14H12ClNO. The van der Waals surface area contributed by atoms with E-state index in [0.717, 1.165) is 11.1 Å². The molecule has 0 radical (unpaired) electrons. The van der Waals surface area contributed by atoms with E-state index in [9.17, 15) is 4.79 Å². The minimum atomic E-state index is 0.0555. The molecule has 0 amide bonds. The second kappa shape index (κ2) is 4.60. The van der Waals surface area contributed by atoms with Crippen LogP contribution in [0.4, 0.5) is 5.69 Å². The van der Waals surface area contributed by atoms with Gasteiger partial charge in [0.05, 0.1) is 5.02 Å². The molecule has 0 atom stereocenters. The monoisotopic (exact) mass is 245 g/mol. The van der Waals surface area contributed by atoms with Crippen molar-refractivity contribution in [3.8, 4) is 11.1 Å². The zero-order chi connectivity index (χ0) is 12.4. The standard InChI is InChI=1S/C14H12ClNO/c1-9(17)10-2-4-11(5-3-10)13-7-6-12(16)8-14(13)15/h2-8H,16H2,1H3. The Morgan fingerprint density at radius 2 is 1.76 bits per heavy atom. The van der Waals surface area contributed by atoms with Crippen molar-refractivity contribution in [3.63, 3.8) is 0 Å². The molecule has 86 valence electrons. The Morgan fingerprint density at radius 1 is 1.12 bits per heavy atom. The first-order valence-electron chi connectivity index (χ1n) is 5.24. The van der Waals surface area contributed by atoms with E-state index in [1.807, 2.05) is 18.2 Å². The highest BCUT2D eigenvalue weighted by molar-refractivity contribution is 6.33. The lowest BCUT2D eigenvalue weighted by molar-refractivity contribution is 0.101. The van der Waals surface area contributed by atoms with E-state index in [2.05, 4.69) is 0 Å². The van der Waals surface area contributed by atoms with E-state index in [4.69, 9.17) is 17.3 Å². The topological polar surface area (TPSA) is 43.1 Å². The number of nitrogens with two attached hydrogens (primary N) is 1. The number of Topliss-reactive ketones (excluding diaryl/α,β-unsaturated/α-hetero) is 1. The number of hydrogen-bond donors (Lipinski definition) is 1. The van der Waals surface area contributed by atoms with Crippen molar-refractivity contribution in [2.75, 3.05) is 5.73 Å². The first-order chi connectivity index (χ1) is 8.08. The summed E-state index contributed by atoms with van der Waals surface area (Å²) in [4.78, 5) is 11.2. The molecule has 2 N–H and O–H groups in total. The summed E-state index contributed by atoms with van der Waals surface area (Å²) in [6.07, 6.45) is 0. The molecule has 0 aliphatic carbocycles. The number of hydrogen-bond acceptors (Lipinski definition) is 2. The largest absolute Gasteiger partial charge is 0.399 e. The molecule has 2 nitrogen and oxygen atoms in total. The lowest BCUT2D eigenvalue weighted by atomic mass is 10.0. The number of halogens is 1. The number of rotatable bonds is 2. The van der Waals surface area contributed by atoms with Gasteiger partial charge in [0.15, 0.2) is 5.78 Å². The molecule has 0 heterocycles. The SMILES string of the molecule is CC(=O)c1ccc(-c2ccc(N)cc2Cl)cc1. The Hall–Kier alpha value is -1.80. The van der Waals surface area contributed by atoms with E-state index in [0.29, 0.717) is 16.3 Å². The van der Waals surface area contributed by atoms with Crippen LogP contribution in [0.25, 0.3) is 11.1 Å². The molecule has 0 unspecified atom stereocenters. The van der Waals surface area contributed by atoms with Crippen LogP contribution in [-0.2, 0) is 0 Å². The molecule has 2 aromatic rings. The van der Waals surface area contributed by atoms with Crippen LogP contribution in [0.3, 0.4) is 0 Å². The third-order valence-electron chi connectivity index (χ3n) is 2.60. The molecule has 0 aromatic heterocycles. The Balaban J connectivity index is 2.43. The highest BCUT2D eigenvalue weighted by Crippen LogP contribution is 2.29. The van der Waals surface area contributed by atoms with Gasteiger partial charge in [0.2, 0.25) is 0 Å². The number of carbonyl (C=O) groups is 1. The van der Waals surface area contributed by atoms with Gasteiger partial charge in [0.1, 0.15) is 0 Å². The fraction of sp³-hybridized carbons (Fsp3) is 0.0714. The molecule has 0 fully saturated rings. The summed E-state index contributed by atoms with van der Waals surface area (Å²) in [6.45, 7) is 1.55. The molecule has 3 heteroatoms. The second-order valence-electron chi connectivity index (χ2n) is 3.87. The molecule has 0 spiro atoms. The Bertz CT molecular complexity index is 561. The molecule has 0 saturated carbocycles. The average Bonchev–Trinajstić information content (AvgIpc) is 2.29. The van der Waals surface area contributed by atoms with Crippen molar-refractivity contribution in [3.05, 3.63) is 53.1 Å². The van der Waals surface area contributed by atoms with Crippen molar-refractivity contribution in [1.82, 2.24) is 0 Å². The van der Waals surface area contributed by atoms with Gasteiger partial charge in [-0.1, -0.05) is 41.9 Å². The Morgan fingerprint density at radius 3 is 2.29 bits per heavy atom. The summed E-state index contributed by atoms with van der Waals surface area (Å²) < 4.78 is 0. The van der Waals surface area contributed by atoms with E-state index in [-0.39, 0.29) is 5.78 Å². The van der Waals surface area contributed by atoms with E-state index < -0.39 is 0 Å². The first kappa shape index (κ1) is 11.7. The van der Waals surface area contributed by atoms with Gasteiger partial charge in [-0.3, -0.25) is 4.79 Å². The third-order valence-corrected chi connectivity index (χ3v) is 2.91. The fourth-order valence-electron chi connectivity index (χ4n) is 1.65. The van der Waals surface area contributed by atoms with E-state index in [1.54, 1.807) is 31.2 Å². The van der Waals surface area contributed by atoms with Crippen LogP contribution in [0.2, 0.25) is 5.02 Å².